The maximum atomic E-state index is 9.48. The van der Waals surface area contributed by atoms with Gasteiger partial charge in [0, 0.05) is 60.3 Å². The molecule has 9 aromatic carbocycles. The summed E-state index contributed by atoms with van der Waals surface area (Å²) in [6.45, 7) is 0. The van der Waals surface area contributed by atoms with Gasteiger partial charge in [-0.2, -0.15) is 4.98 Å². The van der Waals surface area contributed by atoms with Crippen LogP contribution in [-0.4, -0.2) is 23.7 Å². The molecule has 0 spiro atoms. The quantitative estimate of drug-likeness (QED) is 0.174. The van der Waals surface area contributed by atoms with E-state index in [1.54, 1.807) is 6.07 Å². The highest BCUT2D eigenvalue weighted by Crippen LogP contribution is 2.45. The number of furan rings is 1. The second-order valence-corrected chi connectivity index (χ2v) is 15.9. The van der Waals surface area contributed by atoms with Crippen molar-refractivity contribution in [1.82, 2.24) is 23.7 Å². The summed E-state index contributed by atoms with van der Waals surface area (Å²) in [5.41, 5.74) is 8.21. The summed E-state index contributed by atoms with van der Waals surface area (Å²) in [4.78, 5) is 10.9. The van der Waals surface area contributed by atoms with Gasteiger partial charge in [-0.25, -0.2) is 4.98 Å². The molecule has 6 heteroatoms. The van der Waals surface area contributed by atoms with Gasteiger partial charge in [0.15, 0.2) is 0 Å². The summed E-state index contributed by atoms with van der Waals surface area (Å²) in [6, 6.07) is 50.6. The monoisotopic (exact) mass is 825 g/mol. The molecule has 64 heavy (non-hydrogen) atoms. The highest BCUT2D eigenvalue weighted by molar-refractivity contribution is 6.14. The molecule has 5 heterocycles. The molecule has 0 aliphatic rings. The third-order valence-corrected chi connectivity index (χ3v) is 12.6. The second-order valence-electron chi connectivity index (χ2n) is 15.9. The van der Waals surface area contributed by atoms with Crippen molar-refractivity contribution in [1.29, 1.82) is 0 Å². The molecular formula is C58H35N5O. The van der Waals surface area contributed by atoms with Crippen LogP contribution in [0.2, 0.25) is 0 Å². The third-order valence-electron chi connectivity index (χ3n) is 12.6. The van der Waals surface area contributed by atoms with Gasteiger partial charge in [-0.3, -0.25) is 9.13 Å². The van der Waals surface area contributed by atoms with Gasteiger partial charge in [0.1, 0.15) is 17.0 Å². The van der Waals surface area contributed by atoms with E-state index in [1.165, 1.54) is 4.57 Å². The van der Waals surface area contributed by atoms with Crippen LogP contribution in [0.3, 0.4) is 0 Å². The Kier molecular flexibility index (Phi) is 5.85. The van der Waals surface area contributed by atoms with Gasteiger partial charge in [0.25, 0.3) is 0 Å². The molecule has 0 atom stereocenters. The largest absolute Gasteiger partial charge is 0.455 e. The van der Waals surface area contributed by atoms with Crippen molar-refractivity contribution in [3.8, 4) is 39.8 Å². The Hall–Kier alpha value is -8.74. The fourth-order valence-electron chi connectivity index (χ4n) is 9.91. The van der Waals surface area contributed by atoms with E-state index in [-0.39, 0.29) is 33.6 Å². The highest BCUT2D eigenvalue weighted by atomic mass is 16.3. The number of para-hydroxylation sites is 8. The van der Waals surface area contributed by atoms with E-state index in [0.717, 1.165) is 76.8 Å². The topological polar surface area (TPSA) is 53.7 Å². The average Bonchev–Trinajstić information content (AvgIpc) is 4.17. The lowest BCUT2D eigenvalue weighted by Crippen LogP contribution is -2.09. The SMILES string of the molecule is [2H]c1c([2H])c([2H])c2c(c1[2H])c1c([2H])c([2H])c([2H])c([2H])c1n2-c1cc(-c2c(-c3cccc4c3oc3ccccc34)cccc2-n2c3ccccc3c3ccccc32)nc(-n2c3ccccc3c3ccccc32)n1. The number of hydrogen-bond donors (Lipinski definition) is 0. The Morgan fingerprint density at radius 3 is 1.52 bits per heavy atom. The van der Waals surface area contributed by atoms with Crippen molar-refractivity contribution in [3.05, 3.63) is 212 Å². The van der Waals surface area contributed by atoms with Crippen LogP contribution in [0.4, 0.5) is 0 Å². The van der Waals surface area contributed by atoms with Crippen molar-refractivity contribution in [2.45, 2.75) is 0 Å². The zero-order valence-corrected chi connectivity index (χ0v) is 33.7. The minimum Gasteiger partial charge on any atom is -0.455 e. The van der Waals surface area contributed by atoms with Crippen molar-refractivity contribution in [2.24, 2.45) is 0 Å². The summed E-state index contributed by atoms with van der Waals surface area (Å²) in [5, 5.41) is 5.79. The molecule has 298 valence electrons. The van der Waals surface area contributed by atoms with Crippen molar-refractivity contribution in [2.75, 3.05) is 0 Å². The maximum Gasteiger partial charge on any atom is 0.237 e. The van der Waals surface area contributed by atoms with Crippen molar-refractivity contribution < 1.29 is 15.4 Å². The zero-order chi connectivity index (χ0) is 48.8. The van der Waals surface area contributed by atoms with E-state index in [1.807, 2.05) is 126 Å². The molecule has 0 fully saturated rings. The fraction of sp³-hybridized carbons (Fsp3) is 0. The van der Waals surface area contributed by atoms with Gasteiger partial charge in [-0.15, -0.1) is 0 Å². The maximum absolute atomic E-state index is 9.48. The van der Waals surface area contributed by atoms with Crippen LogP contribution in [0, 0.1) is 0 Å². The minimum atomic E-state index is -0.530. The van der Waals surface area contributed by atoms with Gasteiger partial charge >= 0.3 is 0 Å². The molecule has 0 N–H and O–H groups in total. The molecule has 5 aromatic heterocycles. The smallest absolute Gasteiger partial charge is 0.237 e. The number of hydrogen-bond acceptors (Lipinski definition) is 3. The highest BCUT2D eigenvalue weighted by Gasteiger charge is 2.25. The minimum absolute atomic E-state index is 0.0514. The molecule has 14 rings (SSSR count). The molecule has 0 saturated heterocycles. The third kappa shape index (κ3) is 4.90. The molecule has 6 nitrogen and oxygen atoms in total. The summed E-state index contributed by atoms with van der Waals surface area (Å²) in [6.07, 6.45) is 0. The normalized spacial score (nSPS) is 13.8. The lowest BCUT2D eigenvalue weighted by molar-refractivity contribution is 0.670. The van der Waals surface area contributed by atoms with Gasteiger partial charge < -0.3 is 8.98 Å². The summed E-state index contributed by atoms with van der Waals surface area (Å²) < 4.78 is 85.3. The van der Waals surface area contributed by atoms with Crippen LogP contribution in [-0.2, 0) is 0 Å². The van der Waals surface area contributed by atoms with Crippen LogP contribution in [0.15, 0.2) is 217 Å². The Labute approximate surface area is 377 Å². The summed E-state index contributed by atoms with van der Waals surface area (Å²) in [5.74, 6) is 0.318. The van der Waals surface area contributed by atoms with Gasteiger partial charge in [0.2, 0.25) is 5.95 Å². The van der Waals surface area contributed by atoms with E-state index in [0.29, 0.717) is 16.8 Å². The fourth-order valence-corrected chi connectivity index (χ4v) is 9.91. The Morgan fingerprint density at radius 2 is 0.891 bits per heavy atom. The average molecular weight is 826 g/mol. The molecule has 0 aliphatic carbocycles. The molecular weight excluding hydrogens is 783 g/mol. The van der Waals surface area contributed by atoms with Gasteiger partial charge in [-0.05, 0) is 54.0 Å². The van der Waals surface area contributed by atoms with Crippen LogP contribution in [0.1, 0.15) is 11.0 Å². The molecule has 14 aromatic rings. The standard InChI is InChI=1S/C58H35N5O/c1-8-27-47-36(17-1)37-18-2-9-28-48(37)61(47)53-33-16-24-43(45-26-15-25-44-42-23-7-14-34-54(42)64-57(44)45)56(53)46-35-55(62-49-29-10-3-19-38(49)39-20-4-11-30-50(39)62)60-58(59-46)63-51-31-12-5-21-40(51)41-22-6-13-32-52(41)63/h1-35H/i3D,4D,10D,11D,19D,20D,29D,30D. The van der Waals surface area contributed by atoms with Crippen LogP contribution >= 0.6 is 0 Å². The summed E-state index contributed by atoms with van der Waals surface area (Å²) >= 11 is 0. The number of rotatable bonds is 5. The Bertz CT molecular complexity index is 4520. The molecule has 0 bridgehead atoms. The Morgan fingerprint density at radius 1 is 0.391 bits per heavy atom. The van der Waals surface area contributed by atoms with Crippen molar-refractivity contribution in [3.63, 3.8) is 0 Å². The van der Waals surface area contributed by atoms with Gasteiger partial charge in [-0.1, -0.05) is 158 Å². The Balaban J connectivity index is 1.21. The van der Waals surface area contributed by atoms with E-state index >= 15 is 0 Å². The first-order valence-electron chi connectivity index (χ1n) is 25.0. The lowest BCUT2D eigenvalue weighted by atomic mass is 9.94. The second kappa shape index (κ2) is 13.4. The van der Waals surface area contributed by atoms with E-state index < -0.39 is 48.3 Å². The van der Waals surface area contributed by atoms with Gasteiger partial charge in [0.05, 0.1) is 55.4 Å². The molecule has 0 saturated carbocycles. The molecule has 0 amide bonds. The lowest BCUT2D eigenvalue weighted by Gasteiger charge is -2.20. The predicted octanol–water partition coefficient (Wildman–Crippen LogP) is 15.0. The number of benzene rings is 9. The molecule has 0 radical (unpaired) electrons. The molecule has 0 aliphatic heterocycles. The molecule has 0 unspecified atom stereocenters. The number of aromatic nitrogens is 5. The first-order valence-corrected chi connectivity index (χ1v) is 21.0. The first-order chi connectivity index (χ1) is 35.1. The number of fused-ring (bicyclic) bond motifs is 12. The van der Waals surface area contributed by atoms with Crippen molar-refractivity contribution >= 4 is 87.4 Å². The first kappa shape index (κ1) is 28.0. The number of nitrogens with zero attached hydrogens (tertiary/aromatic N) is 5. The van der Waals surface area contributed by atoms with E-state index in [2.05, 4.69) is 41.0 Å². The predicted molar refractivity (Wildman–Crippen MR) is 263 cm³/mol. The van der Waals surface area contributed by atoms with E-state index in [4.69, 9.17) is 19.9 Å². The van der Waals surface area contributed by atoms with Crippen LogP contribution in [0.5, 0.6) is 0 Å². The van der Waals surface area contributed by atoms with E-state index in [9.17, 15) is 5.48 Å². The van der Waals surface area contributed by atoms with Crippen LogP contribution < -0.4 is 0 Å². The van der Waals surface area contributed by atoms with Crippen LogP contribution in [0.25, 0.3) is 127 Å². The zero-order valence-electron chi connectivity index (χ0n) is 41.7. The summed E-state index contributed by atoms with van der Waals surface area (Å²) in [7, 11) is 0.